The third-order valence-electron chi connectivity index (χ3n) is 4.24. The zero-order chi connectivity index (χ0) is 21.4. The molecule has 2 atom stereocenters. The Morgan fingerprint density at radius 3 is 1.38 bits per heavy atom. The Labute approximate surface area is 169 Å². The molecule has 2 unspecified atom stereocenters. The Hall–Kier alpha value is -1.34. The van der Waals surface area contributed by atoms with Crippen LogP contribution in [0.5, 0.6) is 0 Å². The molecule has 2 aromatic rings. The van der Waals surface area contributed by atoms with Gasteiger partial charge in [0.25, 0.3) is 0 Å². The van der Waals surface area contributed by atoms with Gasteiger partial charge >= 0.3 is 0 Å². The van der Waals surface area contributed by atoms with Gasteiger partial charge in [-0.15, -0.1) is 0 Å². The Balaban J connectivity index is 1.97. The van der Waals surface area contributed by atoms with E-state index in [-0.39, 0.29) is 12.3 Å². The molecule has 2 N–H and O–H groups in total. The lowest BCUT2D eigenvalue weighted by atomic mass is 9.93. The second kappa shape index (κ2) is 10.6. The number of aliphatic hydroxyl groups is 2. The summed E-state index contributed by atoms with van der Waals surface area (Å²) in [5.74, 6) is 0. The highest BCUT2D eigenvalue weighted by Crippen LogP contribution is 2.45. The first-order chi connectivity index (χ1) is 13.7. The summed E-state index contributed by atoms with van der Waals surface area (Å²) in [6, 6.07) is 16.7. The van der Waals surface area contributed by atoms with Crippen LogP contribution in [0, 0.1) is 5.41 Å². The Bertz CT molecular complexity index is 772. The van der Waals surface area contributed by atoms with Gasteiger partial charge in [0.1, 0.15) is 15.2 Å². The normalized spacial score (nSPS) is 16.1. The van der Waals surface area contributed by atoms with Crippen LogP contribution in [-0.2, 0) is 30.5 Å². The molecule has 0 saturated carbocycles. The largest absolute Gasteiger partial charge is 0.778 e. The molecule has 0 spiro atoms. The summed E-state index contributed by atoms with van der Waals surface area (Å²) in [4.78, 5) is 24.4. The van der Waals surface area contributed by atoms with E-state index >= 15 is 0 Å². The monoisotopic (exact) mass is 442 g/mol. The molecule has 0 bridgehead atoms. The molecule has 0 aliphatic heterocycles. The van der Waals surface area contributed by atoms with Crippen molar-refractivity contribution < 1.29 is 38.2 Å². The van der Waals surface area contributed by atoms with Gasteiger partial charge in [-0.2, -0.15) is 0 Å². The van der Waals surface area contributed by atoms with Crippen molar-refractivity contribution in [1.82, 2.24) is 0 Å². The summed E-state index contributed by atoms with van der Waals surface area (Å²) in [5, 5.41) is 19.3. The highest BCUT2D eigenvalue weighted by Gasteiger charge is 2.33. The summed E-state index contributed by atoms with van der Waals surface area (Å²) in [6.07, 6.45) is -0.731. The molecule has 0 aliphatic carbocycles. The topological polar surface area (TPSA) is 139 Å². The van der Waals surface area contributed by atoms with E-state index in [2.05, 4.69) is 0 Å². The van der Waals surface area contributed by atoms with E-state index in [0.717, 1.165) is 0 Å². The van der Waals surface area contributed by atoms with E-state index in [1.165, 1.54) is 0 Å². The Morgan fingerprint density at radius 1 is 0.724 bits per heavy atom. The van der Waals surface area contributed by atoms with Crippen LogP contribution in [0.25, 0.3) is 0 Å². The summed E-state index contributed by atoms with van der Waals surface area (Å²) in [5.41, 5.74) is -0.548. The summed E-state index contributed by atoms with van der Waals surface area (Å²) in [7, 11) is -8.66. The first kappa shape index (κ1) is 23.9. The van der Waals surface area contributed by atoms with E-state index in [0.29, 0.717) is 11.1 Å². The molecule has 0 saturated heterocycles. The van der Waals surface area contributed by atoms with Crippen molar-refractivity contribution in [2.75, 3.05) is 26.4 Å². The molecule has 2 aromatic carbocycles. The SMILES string of the molecule is O=P([O-])(Cc1ccccc1)OCC(CO)(CO)COP(=O)([O-])Cc1ccccc1. The summed E-state index contributed by atoms with van der Waals surface area (Å²) >= 11 is 0. The van der Waals surface area contributed by atoms with Crippen LogP contribution in [0.2, 0.25) is 0 Å². The van der Waals surface area contributed by atoms with Crippen molar-refractivity contribution in [3.63, 3.8) is 0 Å². The van der Waals surface area contributed by atoms with Crippen molar-refractivity contribution in [2.45, 2.75) is 12.3 Å². The van der Waals surface area contributed by atoms with Gasteiger partial charge in [0.05, 0.1) is 31.8 Å². The minimum absolute atomic E-state index is 0.365. The second-order valence-corrected chi connectivity index (χ2v) is 10.5. The first-order valence-corrected chi connectivity index (χ1v) is 12.3. The van der Waals surface area contributed by atoms with Crippen LogP contribution in [0.4, 0.5) is 0 Å². The first-order valence-electron chi connectivity index (χ1n) is 8.88. The maximum atomic E-state index is 12.2. The highest BCUT2D eigenvalue weighted by atomic mass is 31.2. The zero-order valence-electron chi connectivity index (χ0n) is 15.8. The third-order valence-corrected chi connectivity index (χ3v) is 6.79. The minimum Gasteiger partial charge on any atom is -0.778 e. The number of hydrogen-bond donors (Lipinski definition) is 2. The fourth-order valence-corrected chi connectivity index (χ4v) is 4.89. The standard InChI is InChI=1S/C19H26O8P2/c20-13-19(14-21,15-26-28(22,23)11-17-7-3-1-4-8-17)16-27-29(24,25)12-18-9-5-2-6-10-18/h1-10,20-21H,11-16H2,(H,22,23)(H,24,25)/p-2. The van der Waals surface area contributed by atoms with Crippen LogP contribution in [0.3, 0.4) is 0 Å². The fraction of sp³-hybridized carbons (Fsp3) is 0.368. The molecule has 0 aromatic heterocycles. The van der Waals surface area contributed by atoms with Gasteiger partial charge < -0.3 is 38.2 Å². The van der Waals surface area contributed by atoms with Gasteiger partial charge in [-0.05, 0) is 11.1 Å². The molecule has 10 heteroatoms. The van der Waals surface area contributed by atoms with Crippen molar-refractivity contribution in [2.24, 2.45) is 5.41 Å². The van der Waals surface area contributed by atoms with E-state index in [1.54, 1.807) is 60.7 Å². The molecule has 0 radical (unpaired) electrons. The molecule has 0 fully saturated rings. The molecule has 2 rings (SSSR count). The van der Waals surface area contributed by atoms with Crippen LogP contribution in [-0.4, -0.2) is 36.6 Å². The third kappa shape index (κ3) is 8.13. The number of benzene rings is 2. The molecule has 29 heavy (non-hydrogen) atoms. The van der Waals surface area contributed by atoms with Gasteiger partial charge in [0, 0.05) is 12.3 Å². The van der Waals surface area contributed by atoms with Gasteiger partial charge in [-0.25, -0.2) is 0 Å². The van der Waals surface area contributed by atoms with E-state index in [9.17, 15) is 29.1 Å². The predicted molar refractivity (Wildman–Crippen MR) is 104 cm³/mol. The molecule has 0 aliphatic rings. The molecular weight excluding hydrogens is 418 g/mol. The van der Waals surface area contributed by atoms with E-state index in [1.807, 2.05) is 0 Å². The summed E-state index contributed by atoms with van der Waals surface area (Å²) in [6.45, 7) is -2.67. The van der Waals surface area contributed by atoms with Crippen LogP contribution in [0.1, 0.15) is 11.1 Å². The average Bonchev–Trinajstić information content (AvgIpc) is 2.69. The van der Waals surface area contributed by atoms with Crippen LogP contribution >= 0.6 is 15.2 Å². The minimum atomic E-state index is -4.33. The lowest BCUT2D eigenvalue weighted by molar-refractivity contribution is -0.208. The van der Waals surface area contributed by atoms with Crippen LogP contribution in [0.15, 0.2) is 60.7 Å². The molecule has 0 amide bonds. The van der Waals surface area contributed by atoms with Gasteiger partial charge in [-0.1, -0.05) is 60.7 Å². The predicted octanol–water partition coefficient (Wildman–Crippen LogP) is 1.50. The number of hydrogen-bond acceptors (Lipinski definition) is 8. The number of aliphatic hydroxyl groups excluding tert-OH is 2. The average molecular weight is 442 g/mol. The van der Waals surface area contributed by atoms with Gasteiger partial charge in [0.15, 0.2) is 0 Å². The summed E-state index contributed by atoms with van der Waals surface area (Å²) < 4.78 is 34.4. The second-order valence-electron chi connectivity index (χ2n) is 6.87. The number of rotatable bonds is 12. The van der Waals surface area contributed by atoms with Crippen molar-refractivity contribution >= 4 is 15.2 Å². The molecule has 0 heterocycles. The maximum absolute atomic E-state index is 12.2. The van der Waals surface area contributed by atoms with Gasteiger partial charge in [-0.3, -0.25) is 0 Å². The molecule has 8 nitrogen and oxygen atoms in total. The van der Waals surface area contributed by atoms with E-state index < -0.39 is 47.0 Å². The van der Waals surface area contributed by atoms with Crippen molar-refractivity contribution in [3.8, 4) is 0 Å². The van der Waals surface area contributed by atoms with Crippen molar-refractivity contribution in [1.29, 1.82) is 0 Å². The fourth-order valence-electron chi connectivity index (χ4n) is 2.45. The molecule has 160 valence electrons. The van der Waals surface area contributed by atoms with Gasteiger partial charge in [0.2, 0.25) is 0 Å². The Morgan fingerprint density at radius 2 is 1.07 bits per heavy atom. The van der Waals surface area contributed by atoms with E-state index in [4.69, 9.17) is 9.05 Å². The Kier molecular flexibility index (Phi) is 8.76. The zero-order valence-corrected chi connectivity index (χ0v) is 17.5. The lowest BCUT2D eigenvalue weighted by Gasteiger charge is -2.35. The highest BCUT2D eigenvalue weighted by molar-refractivity contribution is 7.50. The molecular formula is C19H24O8P2-2. The smallest absolute Gasteiger partial charge is 0.139 e. The van der Waals surface area contributed by atoms with Crippen LogP contribution < -0.4 is 9.79 Å². The lowest BCUT2D eigenvalue weighted by Crippen LogP contribution is -2.40. The van der Waals surface area contributed by atoms with Crippen molar-refractivity contribution in [3.05, 3.63) is 71.8 Å². The maximum Gasteiger partial charge on any atom is 0.139 e. The quantitative estimate of drug-likeness (QED) is 0.472.